The molecule has 0 saturated carbocycles. The summed E-state index contributed by atoms with van der Waals surface area (Å²) in [6.07, 6.45) is 5.81. The Morgan fingerprint density at radius 3 is 2.46 bits per heavy atom. The molecule has 1 saturated heterocycles. The highest BCUT2D eigenvalue weighted by Crippen LogP contribution is 2.44. The summed E-state index contributed by atoms with van der Waals surface area (Å²) >= 11 is 0. The molecule has 1 aliphatic carbocycles. The number of unbranched alkanes of at least 4 members (excludes halogenated alkanes) is 1. The lowest BCUT2D eigenvalue weighted by molar-refractivity contribution is 0.00578. The van der Waals surface area contributed by atoms with Crippen molar-refractivity contribution in [1.82, 2.24) is 0 Å². The summed E-state index contributed by atoms with van der Waals surface area (Å²) in [7, 11) is -0.412. The summed E-state index contributed by atoms with van der Waals surface area (Å²) < 4.78 is 12.4. The van der Waals surface area contributed by atoms with Crippen molar-refractivity contribution < 1.29 is 14.4 Å². The number of fused-ring (bicyclic) bond motifs is 1. The topological polar surface area (TPSA) is 38.7 Å². The highest BCUT2D eigenvalue weighted by Gasteiger charge is 2.51. The minimum absolute atomic E-state index is 0.364. The largest absolute Gasteiger partial charge is 0.487 e. The van der Waals surface area contributed by atoms with E-state index in [1.165, 1.54) is 5.56 Å². The first-order valence-electron chi connectivity index (χ1n) is 10.1. The van der Waals surface area contributed by atoms with Crippen molar-refractivity contribution in [3.8, 4) is 0 Å². The van der Waals surface area contributed by atoms with Crippen LogP contribution in [0.15, 0.2) is 35.8 Å². The average Bonchev–Trinajstić information content (AvgIpc) is 2.78. The average molecular weight is 356 g/mol. The molecule has 0 bridgehead atoms. The summed E-state index contributed by atoms with van der Waals surface area (Å²) in [5, 5.41) is 11.8. The fraction of sp³-hybridized carbons (Fsp3) is 0.636. The molecule has 1 unspecified atom stereocenters. The lowest BCUT2D eigenvalue weighted by Crippen LogP contribution is -2.41. The summed E-state index contributed by atoms with van der Waals surface area (Å²) in [4.78, 5) is 0. The predicted octanol–water partition coefficient (Wildman–Crippen LogP) is 4.96. The zero-order valence-corrected chi connectivity index (χ0v) is 17.0. The molecule has 4 heteroatoms. The second-order valence-electron chi connectivity index (χ2n) is 8.79. The molecule has 1 aromatic rings. The summed E-state index contributed by atoms with van der Waals surface area (Å²) in [6.45, 7) is 10.5. The van der Waals surface area contributed by atoms with Gasteiger partial charge in [0, 0.05) is 0 Å². The lowest BCUT2D eigenvalue weighted by atomic mass is 9.70. The number of hydrogen-bond donors (Lipinski definition) is 1. The third-order valence-corrected chi connectivity index (χ3v) is 6.39. The molecule has 0 radical (unpaired) electrons. The molecule has 3 rings (SSSR count). The van der Waals surface area contributed by atoms with Crippen molar-refractivity contribution in [3.63, 3.8) is 0 Å². The van der Waals surface area contributed by atoms with Gasteiger partial charge in [-0.1, -0.05) is 43.6 Å². The Kier molecular flexibility index (Phi) is 5.40. The Bertz CT molecular complexity index is 664. The number of benzene rings is 1. The number of rotatable bonds is 5. The van der Waals surface area contributed by atoms with E-state index in [-0.39, 0.29) is 11.2 Å². The molecule has 3 nitrogen and oxygen atoms in total. The van der Waals surface area contributed by atoms with Gasteiger partial charge in [-0.3, -0.25) is 0 Å². The minimum atomic E-state index is -0.909. The van der Waals surface area contributed by atoms with Gasteiger partial charge < -0.3 is 14.4 Å². The van der Waals surface area contributed by atoms with Crippen LogP contribution in [0, 0.1) is 0 Å². The van der Waals surface area contributed by atoms with E-state index >= 15 is 0 Å². The van der Waals surface area contributed by atoms with Crippen LogP contribution >= 0.6 is 0 Å². The molecule has 26 heavy (non-hydrogen) atoms. The third-order valence-electron chi connectivity index (χ3n) is 6.39. The molecular weight excluding hydrogens is 323 g/mol. The van der Waals surface area contributed by atoms with Gasteiger partial charge in [-0.25, -0.2) is 0 Å². The molecule has 1 fully saturated rings. The van der Waals surface area contributed by atoms with Crippen molar-refractivity contribution in [2.75, 3.05) is 0 Å². The first-order chi connectivity index (χ1) is 12.2. The van der Waals surface area contributed by atoms with Gasteiger partial charge in [0.15, 0.2) is 0 Å². The smallest absolute Gasteiger partial charge is 0.400 e. The van der Waals surface area contributed by atoms with Crippen LogP contribution in [0.4, 0.5) is 0 Å². The maximum Gasteiger partial charge on any atom is 0.487 e. The maximum atomic E-state index is 11.8. The van der Waals surface area contributed by atoms with Crippen LogP contribution in [-0.4, -0.2) is 23.4 Å². The van der Waals surface area contributed by atoms with Crippen molar-refractivity contribution in [1.29, 1.82) is 0 Å². The van der Waals surface area contributed by atoms with Crippen LogP contribution in [0.5, 0.6) is 0 Å². The minimum Gasteiger partial charge on any atom is -0.400 e. The van der Waals surface area contributed by atoms with Crippen LogP contribution in [0.25, 0.3) is 0 Å². The van der Waals surface area contributed by atoms with E-state index in [1.54, 1.807) is 0 Å². The molecule has 1 aliphatic heterocycles. The predicted molar refractivity (Wildman–Crippen MR) is 107 cm³/mol. The molecule has 1 N–H and O–H groups in total. The third kappa shape index (κ3) is 3.52. The maximum absolute atomic E-state index is 11.8. The van der Waals surface area contributed by atoms with Crippen molar-refractivity contribution in [2.24, 2.45) is 0 Å². The quantitative estimate of drug-likeness (QED) is 0.758. The molecule has 0 amide bonds. The zero-order valence-electron chi connectivity index (χ0n) is 17.0. The van der Waals surface area contributed by atoms with Crippen molar-refractivity contribution >= 4 is 7.12 Å². The van der Waals surface area contributed by atoms with Crippen LogP contribution in [-0.2, 0) is 21.3 Å². The summed E-state index contributed by atoms with van der Waals surface area (Å²) in [5.74, 6) is 2.05. The summed E-state index contributed by atoms with van der Waals surface area (Å²) in [5.41, 5.74) is 1.73. The van der Waals surface area contributed by atoms with E-state index in [0.717, 1.165) is 49.7 Å². The molecule has 142 valence electrons. The molecule has 1 atom stereocenters. The van der Waals surface area contributed by atoms with Gasteiger partial charge in [-0.15, -0.1) is 0 Å². The van der Waals surface area contributed by atoms with E-state index in [1.807, 2.05) is 12.0 Å². The van der Waals surface area contributed by atoms with Crippen molar-refractivity contribution in [2.45, 2.75) is 89.9 Å². The first kappa shape index (κ1) is 19.7. The van der Waals surface area contributed by atoms with Gasteiger partial charge in [0.25, 0.3) is 0 Å². The van der Waals surface area contributed by atoms with Crippen LogP contribution in [0.1, 0.15) is 77.8 Å². The molecule has 0 aromatic heterocycles. The van der Waals surface area contributed by atoms with Gasteiger partial charge in [0.2, 0.25) is 0 Å². The van der Waals surface area contributed by atoms with Crippen LogP contribution < -0.4 is 0 Å². The van der Waals surface area contributed by atoms with E-state index in [9.17, 15) is 5.11 Å². The Morgan fingerprint density at radius 2 is 1.81 bits per heavy atom. The molecule has 0 spiro atoms. The molecule has 2 aliphatic rings. The second kappa shape index (κ2) is 7.14. The van der Waals surface area contributed by atoms with Gasteiger partial charge in [0.05, 0.1) is 11.2 Å². The van der Waals surface area contributed by atoms with E-state index in [0.29, 0.717) is 0 Å². The monoisotopic (exact) mass is 356 g/mol. The number of hydrogen-bond acceptors (Lipinski definition) is 3. The Hall–Kier alpha value is -1.10. The zero-order chi connectivity index (χ0) is 19.0. The van der Waals surface area contributed by atoms with Crippen LogP contribution in [0.3, 0.4) is 0 Å². The molecule has 1 aromatic carbocycles. The standard InChI is InChI=1S/C22H33BO3/c1-6-7-13-18(16-23-25-20(2,3)21(4,5)26-23)22(24)15-10-12-17-11-8-9-14-19(17)22/h8-9,11,14,16,24H,6-7,10,12-13,15H2,1-5H3/b18-16+. The molecule has 1 heterocycles. The molecular formula is C22H33BO3. The van der Waals surface area contributed by atoms with Gasteiger partial charge >= 0.3 is 7.12 Å². The van der Waals surface area contributed by atoms with Gasteiger partial charge in [-0.05, 0) is 76.5 Å². The highest BCUT2D eigenvalue weighted by molar-refractivity contribution is 6.51. The normalized spacial score (nSPS) is 27.5. The van der Waals surface area contributed by atoms with Crippen LogP contribution in [0.2, 0.25) is 0 Å². The lowest BCUT2D eigenvalue weighted by Gasteiger charge is -2.37. The highest BCUT2D eigenvalue weighted by atomic mass is 16.7. The van der Waals surface area contributed by atoms with E-state index < -0.39 is 12.7 Å². The van der Waals surface area contributed by atoms with Gasteiger partial charge in [-0.2, -0.15) is 0 Å². The van der Waals surface area contributed by atoms with Gasteiger partial charge in [0.1, 0.15) is 5.60 Å². The number of aliphatic hydroxyl groups is 1. The summed E-state index contributed by atoms with van der Waals surface area (Å²) in [6, 6.07) is 8.32. The van der Waals surface area contributed by atoms with E-state index in [2.05, 4.69) is 52.8 Å². The SMILES string of the molecule is CCCC/C(=C\B1OC(C)(C)C(C)(C)O1)C1(O)CCCc2ccccc21. The number of aryl methyl sites for hydroxylation is 1. The fourth-order valence-electron chi connectivity index (χ4n) is 4.06. The Labute approximate surface area is 158 Å². The Morgan fingerprint density at radius 1 is 1.15 bits per heavy atom. The first-order valence-corrected chi connectivity index (χ1v) is 10.1. The van der Waals surface area contributed by atoms with Crippen molar-refractivity contribution in [3.05, 3.63) is 46.9 Å². The van der Waals surface area contributed by atoms with E-state index in [4.69, 9.17) is 9.31 Å². The second-order valence-corrected chi connectivity index (χ2v) is 8.79. The Balaban J connectivity index is 1.97. The fourth-order valence-corrected chi connectivity index (χ4v) is 4.06.